The fraction of sp³-hybridized carbons (Fsp3) is 0.500. The van der Waals surface area contributed by atoms with Gasteiger partial charge in [-0.3, -0.25) is 0 Å². The first-order valence-corrected chi connectivity index (χ1v) is 9.43. The van der Waals surface area contributed by atoms with Crippen LogP contribution in [0.4, 0.5) is 4.79 Å². The van der Waals surface area contributed by atoms with Gasteiger partial charge in [0.05, 0.1) is 45.2 Å². The molecule has 154 valence electrons. The summed E-state index contributed by atoms with van der Waals surface area (Å²) in [6.07, 6.45) is 0.608. The summed E-state index contributed by atoms with van der Waals surface area (Å²) in [4.78, 5) is 25.6. The van der Waals surface area contributed by atoms with E-state index in [9.17, 15) is 9.59 Å². The zero-order valence-electron chi connectivity index (χ0n) is 17.2. The fourth-order valence-corrected chi connectivity index (χ4v) is 3.29. The molecule has 1 unspecified atom stereocenters. The van der Waals surface area contributed by atoms with Crippen LogP contribution in [0.3, 0.4) is 0 Å². The van der Waals surface area contributed by atoms with Crippen LogP contribution < -0.4 is 25.0 Å². The molecule has 28 heavy (non-hydrogen) atoms. The van der Waals surface area contributed by atoms with Gasteiger partial charge in [-0.05, 0) is 25.5 Å². The molecule has 0 saturated heterocycles. The van der Waals surface area contributed by atoms with E-state index in [-0.39, 0.29) is 18.7 Å². The fourth-order valence-electron chi connectivity index (χ4n) is 3.29. The lowest BCUT2D eigenvalue weighted by molar-refractivity contribution is -0.889. The second-order valence-electron chi connectivity index (χ2n) is 6.66. The molecule has 0 aromatic heterocycles. The Kier molecular flexibility index (Phi) is 7.69. The van der Waals surface area contributed by atoms with Gasteiger partial charge in [0.1, 0.15) is 24.6 Å². The molecule has 0 fully saturated rings. The monoisotopic (exact) mass is 392 g/mol. The molecule has 0 bridgehead atoms. The van der Waals surface area contributed by atoms with E-state index in [1.165, 1.54) is 0 Å². The Balaban J connectivity index is 2.24. The van der Waals surface area contributed by atoms with E-state index in [1.54, 1.807) is 21.1 Å². The maximum atomic E-state index is 12.5. The number of likely N-dealkylation sites (N-methyl/N-ethyl adjacent to an activating group) is 1. The predicted molar refractivity (Wildman–Crippen MR) is 104 cm³/mol. The van der Waals surface area contributed by atoms with Gasteiger partial charge < -0.3 is 29.7 Å². The summed E-state index contributed by atoms with van der Waals surface area (Å²) in [5, 5.41) is 5.58. The van der Waals surface area contributed by atoms with Gasteiger partial charge in [0.15, 0.2) is 0 Å². The number of carbonyl (C=O) groups excluding carboxylic acids is 2. The van der Waals surface area contributed by atoms with Gasteiger partial charge >= 0.3 is 12.0 Å². The maximum Gasteiger partial charge on any atom is 0.338 e. The lowest BCUT2D eigenvalue weighted by Crippen LogP contribution is -3.08. The molecule has 1 aromatic carbocycles. The third kappa shape index (κ3) is 5.16. The lowest BCUT2D eigenvalue weighted by Gasteiger charge is -2.29. The van der Waals surface area contributed by atoms with Crippen LogP contribution in [0.1, 0.15) is 25.8 Å². The number of esters is 1. The van der Waals surface area contributed by atoms with Crippen molar-refractivity contribution in [1.82, 2.24) is 10.6 Å². The Hall–Kier alpha value is -2.74. The first-order chi connectivity index (χ1) is 13.4. The summed E-state index contributed by atoms with van der Waals surface area (Å²) < 4.78 is 15.9. The van der Waals surface area contributed by atoms with Gasteiger partial charge in [0, 0.05) is 11.6 Å². The highest BCUT2D eigenvalue weighted by atomic mass is 16.5. The van der Waals surface area contributed by atoms with Crippen LogP contribution >= 0.6 is 0 Å². The van der Waals surface area contributed by atoms with Crippen LogP contribution in [0, 0.1) is 0 Å². The highest BCUT2D eigenvalue weighted by Gasteiger charge is 2.32. The Morgan fingerprint density at radius 2 is 1.93 bits per heavy atom. The molecule has 1 aliphatic heterocycles. The Morgan fingerprint density at radius 3 is 2.54 bits per heavy atom. The molecule has 0 saturated carbocycles. The summed E-state index contributed by atoms with van der Waals surface area (Å²) >= 11 is 0. The second-order valence-corrected chi connectivity index (χ2v) is 6.66. The summed E-state index contributed by atoms with van der Waals surface area (Å²) in [6, 6.07) is 5.02. The molecule has 2 amide bonds. The number of quaternary nitrogens is 1. The van der Waals surface area contributed by atoms with Crippen LogP contribution in [-0.2, 0) is 16.1 Å². The van der Waals surface area contributed by atoms with Gasteiger partial charge in [0.25, 0.3) is 0 Å². The molecule has 8 nitrogen and oxygen atoms in total. The van der Waals surface area contributed by atoms with Crippen molar-refractivity contribution in [2.45, 2.75) is 32.9 Å². The van der Waals surface area contributed by atoms with E-state index in [1.807, 2.05) is 32.2 Å². The summed E-state index contributed by atoms with van der Waals surface area (Å²) in [5.41, 5.74) is 2.09. The minimum absolute atomic E-state index is 0.283. The van der Waals surface area contributed by atoms with Gasteiger partial charge in [0.2, 0.25) is 0 Å². The molecule has 2 rings (SSSR count). The molecule has 1 aliphatic rings. The van der Waals surface area contributed by atoms with E-state index in [0.717, 1.165) is 22.0 Å². The molecule has 8 heteroatoms. The third-order valence-electron chi connectivity index (χ3n) is 4.61. The van der Waals surface area contributed by atoms with E-state index in [2.05, 4.69) is 10.6 Å². The van der Waals surface area contributed by atoms with Gasteiger partial charge in [-0.15, -0.1) is 0 Å². The molecule has 1 heterocycles. The summed E-state index contributed by atoms with van der Waals surface area (Å²) in [6.45, 7) is 5.08. The predicted octanol–water partition coefficient (Wildman–Crippen LogP) is 0.627. The molecule has 2 atom stereocenters. The summed E-state index contributed by atoms with van der Waals surface area (Å²) in [5.74, 6) is 1.06. The van der Waals surface area contributed by atoms with Crippen molar-refractivity contribution >= 4 is 12.0 Å². The van der Waals surface area contributed by atoms with Gasteiger partial charge in [-0.2, -0.15) is 0 Å². The number of benzene rings is 1. The van der Waals surface area contributed by atoms with Crippen LogP contribution in [-0.4, -0.2) is 52.5 Å². The molecular weight excluding hydrogens is 362 g/mol. The Morgan fingerprint density at radius 1 is 1.18 bits per heavy atom. The molecule has 0 radical (unpaired) electrons. The van der Waals surface area contributed by atoms with Gasteiger partial charge in [-0.1, -0.05) is 6.92 Å². The van der Waals surface area contributed by atoms with Gasteiger partial charge in [-0.25, -0.2) is 9.59 Å². The van der Waals surface area contributed by atoms with E-state index in [4.69, 9.17) is 14.2 Å². The highest BCUT2D eigenvalue weighted by molar-refractivity contribution is 5.94. The lowest BCUT2D eigenvalue weighted by atomic mass is 10.00. The number of hydrogen-bond acceptors (Lipinski definition) is 5. The smallest absolute Gasteiger partial charge is 0.338 e. The van der Waals surface area contributed by atoms with Crippen molar-refractivity contribution in [3.8, 4) is 11.5 Å². The largest absolute Gasteiger partial charge is 0.497 e. The first kappa shape index (κ1) is 21.6. The standard InChI is InChI=1S/C20H29N3O5/c1-6-15-18(19(24)28-7-2)16(22-20(25)21-15)12-23(3)11-13-8-9-14(26-4)10-17(13)27-5/h8-10,15H,6-7,11-12H2,1-5H3,(H2,21,22,25)/p+1/t15-/m1/s1. The number of methoxy groups -OCH3 is 2. The van der Waals surface area contributed by atoms with E-state index >= 15 is 0 Å². The Bertz CT molecular complexity index is 747. The van der Waals surface area contributed by atoms with Crippen molar-refractivity contribution in [3.05, 3.63) is 35.0 Å². The van der Waals surface area contributed by atoms with Crippen LogP contribution in [0.15, 0.2) is 29.5 Å². The number of rotatable bonds is 9. The van der Waals surface area contributed by atoms with Crippen molar-refractivity contribution in [2.24, 2.45) is 0 Å². The van der Waals surface area contributed by atoms with Crippen molar-refractivity contribution in [1.29, 1.82) is 0 Å². The zero-order valence-corrected chi connectivity index (χ0v) is 17.2. The van der Waals surface area contributed by atoms with Crippen molar-refractivity contribution in [2.75, 3.05) is 34.4 Å². The van der Waals surface area contributed by atoms with Crippen LogP contribution in [0.5, 0.6) is 11.5 Å². The number of amides is 2. The number of carbonyl (C=O) groups is 2. The second kappa shape index (κ2) is 9.98. The molecule has 0 spiro atoms. The number of urea groups is 1. The molecule has 0 aliphatic carbocycles. The van der Waals surface area contributed by atoms with E-state index in [0.29, 0.717) is 30.8 Å². The number of hydrogen-bond donors (Lipinski definition) is 3. The quantitative estimate of drug-likeness (QED) is 0.536. The van der Waals surface area contributed by atoms with Crippen LogP contribution in [0.25, 0.3) is 0 Å². The SMILES string of the molecule is CCOC(=O)C1=C(C[NH+](C)Cc2ccc(OC)cc2OC)NC(=O)N[C@@H]1CC. The zero-order chi connectivity index (χ0) is 20.7. The van der Waals surface area contributed by atoms with Crippen molar-refractivity contribution < 1.29 is 28.7 Å². The average Bonchev–Trinajstić information content (AvgIpc) is 2.67. The van der Waals surface area contributed by atoms with Crippen LogP contribution in [0.2, 0.25) is 0 Å². The van der Waals surface area contributed by atoms with Crippen molar-refractivity contribution in [3.63, 3.8) is 0 Å². The normalized spacial score (nSPS) is 17.5. The summed E-state index contributed by atoms with van der Waals surface area (Å²) in [7, 11) is 5.22. The molecular formula is C20H30N3O5+. The highest BCUT2D eigenvalue weighted by Crippen LogP contribution is 2.24. The topological polar surface area (TPSA) is 90.3 Å². The third-order valence-corrected chi connectivity index (χ3v) is 4.61. The number of nitrogens with one attached hydrogen (secondary N) is 3. The average molecular weight is 392 g/mol. The Labute approximate surface area is 165 Å². The molecule has 1 aromatic rings. The minimum Gasteiger partial charge on any atom is -0.497 e. The minimum atomic E-state index is -0.397. The first-order valence-electron chi connectivity index (χ1n) is 9.43. The van der Waals surface area contributed by atoms with E-state index < -0.39 is 5.97 Å². The maximum absolute atomic E-state index is 12.5. The molecule has 3 N–H and O–H groups in total. The number of ether oxygens (including phenoxy) is 3.